The molecule has 0 spiro atoms. The average Bonchev–Trinajstić information content (AvgIpc) is 3.85. The predicted octanol–water partition coefficient (Wildman–Crippen LogP) is 14.1. The van der Waals surface area contributed by atoms with Gasteiger partial charge in [0.05, 0.1) is 0 Å². The Labute approximate surface area is 327 Å². The molecule has 262 valence electrons. The van der Waals surface area contributed by atoms with Crippen LogP contribution in [0.25, 0.3) is 110 Å². The van der Waals surface area contributed by atoms with Gasteiger partial charge in [-0.05, 0) is 75.8 Å². The fourth-order valence-electron chi connectivity index (χ4n) is 7.90. The molecule has 0 radical (unpaired) electrons. The maximum absolute atomic E-state index is 6.65. The lowest BCUT2D eigenvalue weighted by atomic mass is 9.93. The smallest absolute Gasteiger partial charge is 0.164 e. The second kappa shape index (κ2) is 13.3. The highest BCUT2D eigenvalue weighted by Crippen LogP contribution is 2.45. The summed E-state index contributed by atoms with van der Waals surface area (Å²) in [6.45, 7) is 0. The molecule has 11 rings (SSSR count). The van der Waals surface area contributed by atoms with Gasteiger partial charge in [0.2, 0.25) is 0 Å². The number of thiophene rings is 1. The molecule has 0 amide bonds. The van der Waals surface area contributed by atoms with Crippen LogP contribution in [0.4, 0.5) is 0 Å². The number of furan rings is 1. The van der Waals surface area contributed by atoms with Gasteiger partial charge in [0, 0.05) is 47.6 Å². The summed E-state index contributed by atoms with van der Waals surface area (Å²) < 4.78 is 9.16. The minimum absolute atomic E-state index is 0.575. The highest BCUT2D eigenvalue weighted by molar-refractivity contribution is 7.25. The molecule has 0 N–H and O–H groups in total. The van der Waals surface area contributed by atoms with Crippen LogP contribution in [-0.2, 0) is 0 Å². The number of hydrogen-bond acceptors (Lipinski definition) is 5. The van der Waals surface area contributed by atoms with Crippen molar-refractivity contribution in [3.05, 3.63) is 188 Å². The fraction of sp³-hybridized carbons (Fsp3) is 0. The van der Waals surface area contributed by atoms with E-state index in [0.717, 1.165) is 72.0 Å². The average molecular weight is 734 g/mol. The molecule has 0 bridgehead atoms. The van der Waals surface area contributed by atoms with Crippen LogP contribution in [0.5, 0.6) is 0 Å². The van der Waals surface area contributed by atoms with Crippen molar-refractivity contribution in [2.45, 2.75) is 0 Å². The number of hydrogen-bond donors (Lipinski definition) is 0. The normalized spacial score (nSPS) is 11.6. The molecule has 11 aromatic rings. The van der Waals surface area contributed by atoms with Crippen LogP contribution in [0.1, 0.15) is 0 Å². The molecule has 8 aromatic carbocycles. The van der Waals surface area contributed by atoms with Crippen LogP contribution < -0.4 is 0 Å². The van der Waals surface area contributed by atoms with Crippen LogP contribution >= 0.6 is 11.3 Å². The van der Waals surface area contributed by atoms with Crippen LogP contribution in [0.3, 0.4) is 0 Å². The first-order valence-electron chi connectivity index (χ1n) is 18.7. The van der Waals surface area contributed by atoms with Crippen LogP contribution in [0, 0.1) is 0 Å². The van der Waals surface area contributed by atoms with Crippen molar-refractivity contribution in [3.8, 4) is 67.5 Å². The van der Waals surface area contributed by atoms with E-state index in [0.29, 0.717) is 17.5 Å². The zero-order valence-corrected chi connectivity index (χ0v) is 30.9. The molecular formula is C51H31N3OS. The second-order valence-corrected chi connectivity index (χ2v) is 15.1. The lowest BCUT2D eigenvalue weighted by molar-refractivity contribution is 0.669. The molecule has 0 atom stereocenters. The number of aromatic nitrogens is 3. The van der Waals surface area contributed by atoms with Gasteiger partial charge < -0.3 is 4.42 Å². The fourth-order valence-corrected chi connectivity index (χ4v) is 9.03. The summed E-state index contributed by atoms with van der Waals surface area (Å²) in [4.78, 5) is 15.7. The Balaban J connectivity index is 1.17. The SMILES string of the molecule is c1ccc(-c2cccc(-c3nc(-c4cccc(-c5ccccc5)c4)nc(-c4cc(-c5cccc6sc7ccccc7c56)c5c(c4)oc4ccccc45)n3)c2)cc1. The van der Waals surface area contributed by atoms with E-state index >= 15 is 0 Å². The van der Waals surface area contributed by atoms with Crippen molar-refractivity contribution < 1.29 is 4.42 Å². The van der Waals surface area contributed by atoms with Crippen molar-refractivity contribution >= 4 is 53.4 Å². The van der Waals surface area contributed by atoms with Crippen molar-refractivity contribution in [2.75, 3.05) is 0 Å². The summed E-state index contributed by atoms with van der Waals surface area (Å²) in [6.07, 6.45) is 0. The zero-order valence-electron chi connectivity index (χ0n) is 30.1. The molecule has 4 nitrogen and oxygen atoms in total. The van der Waals surface area contributed by atoms with Gasteiger partial charge in [-0.2, -0.15) is 0 Å². The summed E-state index contributed by atoms with van der Waals surface area (Å²) in [5, 5.41) is 4.64. The summed E-state index contributed by atoms with van der Waals surface area (Å²) in [7, 11) is 0. The van der Waals surface area contributed by atoms with E-state index in [2.05, 4.69) is 164 Å². The van der Waals surface area contributed by atoms with Crippen molar-refractivity contribution in [2.24, 2.45) is 0 Å². The standard InChI is InChI=1S/C51H31N3OS/c1-3-14-32(15-4-1)34-18-11-20-36(28-34)49-52-50(37-21-12-19-35(29-37)33-16-5-2-6-17-33)54-51(53-49)38-30-42(47-40-22-7-9-25-43(40)55-44(47)31-38)39-24-13-27-46-48(39)41-23-8-10-26-45(41)56-46/h1-31H. The third-order valence-electron chi connectivity index (χ3n) is 10.5. The Hall–Kier alpha value is -7.21. The molecule has 0 aliphatic carbocycles. The zero-order chi connectivity index (χ0) is 37.0. The molecule has 0 unspecified atom stereocenters. The first-order valence-corrected chi connectivity index (χ1v) is 19.5. The van der Waals surface area contributed by atoms with E-state index in [4.69, 9.17) is 19.4 Å². The Kier molecular flexibility index (Phi) is 7.64. The molecule has 0 aliphatic heterocycles. The molecule has 56 heavy (non-hydrogen) atoms. The van der Waals surface area contributed by atoms with Crippen molar-refractivity contribution in [1.82, 2.24) is 15.0 Å². The molecular weight excluding hydrogens is 703 g/mol. The highest BCUT2D eigenvalue weighted by atomic mass is 32.1. The molecule has 3 aromatic heterocycles. The van der Waals surface area contributed by atoms with E-state index in [1.807, 2.05) is 35.6 Å². The van der Waals surface area contributed by atoms with Gasteiger partial charge in [-0.15, -0.1) is 11.3 Å². The number of nitrogens with zero attached hydrogens (tertiary/aromatic N) is 3. The number of fused-ring (bicyclic) bond motifs is 6. The minimum atomic E-state index is 0.575. The topological polar surface area (TPSA) is 51.8 Å². The minimum Gasteiger partial charge on any atom is -0.456 e. The van der Waals surface area contributed by atoms with Gasteiger partial charge in [0.15, 0.2) is 17.5 Å². The van der Waals surface area contributed by atoms with Crippen molar-refractivity contribution in [3.63, 3.8) is 0 Å². The molecule has 0 saturated heterocycles. The summed E-state index contributed by atoms with van der Waals surface area (Å²) in [6, 6.07) is 65.6. The maximum atomic E-state index is 6.65. The van der Waals surface area contributed by atoms with Gasteiger partial charge in [-0.25, -0.2) is 15.0 Å². The van der Waals surface area contributed by atoms with Gasteiger partial charge in [-0.1, -0.05) is 146 Å². The van der Waals surface area contributed by atoms with Crippen LogP contribution in [0.15, 0.2) is 192 Å². The molecule has 0 saturated carbocycles. The Bertz CT molecular complexity index is 3160. The first-order chi connectivity index (χ1) is 27.7. The van der Waals surface area contributed by atoms with Gasteiger partial charge >= 0.3 is 0 Å². The Morgan fingerprint density at radius 3 is 1.52 bits per heavy atom. The van der Waals surface area contributed by atoms with Gasteiger partial charge in [0.25, 0.3) is 0 Å². The number of benzene rings is 8. The molecule has 3 heterocycles. The monoisotopic (exact) mass is 733 g/mol. The molecule has 0 aliphatic rings. The lowest BCUT2D eigenvalue weighted by Crippen LogP contribution is -2.01. The quantitative estimate of drug-likeness (QED) is 0.171. The summed E-state index contributed by atoms with van der Waals surface area (Å²) in [5.41, 5.74) is 11.0. The Morgan fingerprint density at radius 2 is 0.839 bits per heavy atom. The maximum Gasteiger partial charge on any atom is 0.164 e. The first kappa shape index (κ1) is 32.2. The van der Waals surface area contributed by atoms with Crippen LogP contribution in [0.2, 0.25) is 0 Å². The summed E-state index contributed by atoms with van der Waals surface area (Å²) in [5.74, 6) is 1.78. The van der Waals surface area contributed by atoms with Gasteiger partial charge in [-0.3, -0.25) is 0 Å². The number of rotatable bonds is 6. The third kappa shape index (κ3) is 5.56. The molecule has 0 fully saturated rings. The van der Waals surface area contributed by atoms with Crippen molar-refractivity contribution in [1.29, 1.82) is 0 Å². The van der Waals surface area contributed by atoms with Gasteiger partial charge in [0.1, 0.15) is 11.2 Å². The lowest BCUT2D eigenvalue weighted by Gasteiger charge is -2.12. The predicted molar refractivity (Wildman–Crippen MR) is 233 cm³/mol. The van der Waals surface area contributed by atoms with E-state index in [1.54, 1.807) is 0 Å². The second-order valence-electron chi connectivity index (χ2n) is 14.0. The largest absolute Gasteiger partial charge is 0.456 e. The molecule has 5 heteroatoms. The van der Waals surface area contributed by atoms with E-state index < -0.39 is 0 Å². The van der Waals surface area contributed by atoms with Crippen LogP contribution in [-0.4, -0.2) is 15.0 Å². The number of para-hydroxylation sites is 1. The van der Waals surface area contributed by atoms with E-state index in [-0.39, 0.29) is 0 Å². The van der Waals surface area contributed by atoms with E-state index in [1.165, 1.54) is 20.2 Å². The third-order valence-corrected chi connectivity index (χ3v) is 11.7. The highest BCUT2D eigenvalue weighted by Gasteiger charge is 2.21. The Morgan fingerprint density at radius 1 is 0.321 bits per heavy atom. The summed E-state index contributed by atoms with van der Waals surface area (Å²) >= 11 is 1.82. The van der Waals surface area contributed by atoms with E-state index in [9.17, 15) is 0 Å².